The van der Waals surface area contributed by atoms with Crippen molar-refractivity contribution in [3.05, 3.63) is 205 Å². The first-order valence-corrected chi connectivity index (χ1v) is 18.3. The van der Waals surface area contributed by atoms with Crippen molar-refractivity contribution in [2.45, 2.75) is 13.7 Å². The minimum Gasteiger partial charge on any atom is -0.0616 e. The summed E-state index contributed by atoms with van der Waals surface area (Å²) in [5.74, 6) is 0. The molecule has 0 aliphatic heterocycles. The Labute approximate surface area is 325 Å². The number of hydrogen-bond donors (Lipinski definition) is 0. The minimum absolute atomic E-state index is 0.108. The number of rotatable bonds is 5. The van der Waals surface area contributed by atoms with E-state index >= 15 is 0 Å². The molecule has 0 radical (unpaired) electrons. The van der Waals surface area contributed by atoms with Crippen molar-refractivity contribution >= 4 is 43.1 Å². The van der Waals surface area contributed by atoms with Crippen LogP contribution in [0.3, 0.4) is 0 Å². The molecule has 0 aromatic heterocycles. The number of hydrogen-bond acceptors (Lipinski definition) is 0. The van der Waals surface area contributed by atoms with Gasteiger partial charge in [0.25, 0.3) is 0 Å². The van der Waals surface area contributed by atoms with E-state index in [1.807, 2.05) is 97.1 Å². The maximum Gasteiger partial charge on any atom is 0.0280 e. The fraction of sp³-hybridized carbons (Fsp3) is 0.0370. The third-order valence-electron chi connectivity index (χ3n) is 10.9. The second-order valence-corrected chi connectivity index (χ2v) is 14.0. The average Bonchev–Trinajstić information content (AvgIpc) is 3.27. The highest BCUT2D eigenvalue weighted by Gasteiger charge is 2.19. The standard InChI is InChI=1S/C54H38/c1-35-33-51(41-29-25-39(26-30-41)45-23-11-15-37-13-3-5-17-43(37)45)47-19-7-9-21-49(47)53(35)54-36(2)34-52(48-20-8-10-22-50(48)54)42-31-27-40(28-32-42)46-24-12-16-38-14-4-6-18-44(38)46/h3-34H,1-2H3/i1D3,2D3. The van der Waals surface area contributed by atoms with Gasteiger partial charge in [-0.1, -0.05) is 194 Å². The third kappa shape index (κ3) is 5.30. The third-order valence-corrected chi connectivity index (χ3v) is 10.9. The van der Waals surface area contributed by atoms with Crippen LogP contribution >= 0.6 is 0 Å². The lowest BCUT2D eigenvalue weighted by Crippen LogP contribution is -1.95. The van der Waals surface area contributed by atoms with Crippen LogP contribution in [-0.4, -0.2) is 0 Å². The second-order valence-electron chi connectivity index (χ2n) is 14.0. The van der Waals surface area contributed by atoms with Gasteiger partial charge >= 0.3 is 0 Å². The van der Waals surface area contributed by atoms with E-state index in [1.54, 1.807) is 12.1 Å². The Bertz CT molecular complexity index is 3030. The van der Waals surface area contributed by atoms with Gasteiger partial charge in [-0.05, 0) is 124 Å². The molecule has 254 valence electrons. The quantitative estimate of drug-likeness (QED) is 0.168. The summed E-state index contributed by atoms with van der Waals surface area (Å²) in [4.78, 5) is 0. The normalized spacial score (nSPS) is 13.6. The molecule has 0 unspecified atom stereocenters. The summed E-state index contributed by atoms with van der Waals surface area (Å²) in [6, 6.07) is 64.8. The van der Waals surface area contributed by atoms with Crippen molar-refractivity contribution in [1.29, 1.82) is 0 Å². The van der Waals surface area contributed by atoms with Crippen LogP contribution < -0.4 is 0 Å². The number of fused-ring (bicyclic) bond motifs is 4. The first-order chi connectivity index (χ1) is 29.0. The maximum absolute atomic E-state index is 8.97. The van der Waals surface area contributed by atoms with Crippen LogP contribution in [0.4, 0.5) is 0 Å². The van der Waals surface area contributed by atoms with Crippen molar-refractivity contribution in [2.75, 3.05) is 0 Å². The number of benzene rings is 10. The summed E-state index contributed by atoms with van der Waals surface area (Å²) in [5.41, 5.74) is 8.70. The van der Waals surface area contributed by atoms with Crippen LogP contribution in [-0.2, 0) is 0 Å². The molecule has 10 aromatic rings. The van der Waals surface area contributed by atoms with Gasteiger partial charge in [-0.25, -0.2) is 0 Å². The Morgan fingerprint density at radius 2 is 0.593 bits per heavy atom. The van der Waals surface area contributed by atoms with E-state index in [2.05, 4.69) is 84.9 Å². The Kier molecular flexibility index (Phi) is 6.29. The first-order valence-electron chi connectivity index (χ1n) is 21.3. The molecule has 0 saturated carbocycles. The summed E-state index contributed by atoms with van der Waals surface area (Å²) >= 11 is 0. The van der Waals surface area contributed by atoms with Gasteiger partial charge in [0.15, 0.2) is 0 Å². The minimum atomic E-state index is -2.57. The summed E-state index contributed by atoms with van der Waals surface area (Å²) in [6.45, 7) is -5.14. The Morgan fingerprint density at radius 1 is 0.278 bits per heavy atom. The maximum atomic E-state index is 8.97. The summed E-state index contributed by atoms with van der Waals surface area (Å²) in [6.07, 6.45) is 0. The highest BCUT2D eigenvalue weighted by molar-refractivity contribution is 6.14. The van der Waals surface area contributed by atoms with Crippen LogP contribution in [0.25, 0.3) is 98.7 Å². The molecule has 10 rings (SSSR count). The first kappa shape index (κ1) is 26.1. The number of aryl methyl sites for hydroxylation is 2. The van der Waals surface area contributed by atoms with Gasteiger partial charge in [-0.15, -0.1) is 0 Å². The van der Waals surface area contributed by atoms with Crippen LogP contribution in [0, 0.1) is 13.7 Å². The molecule has 0 amide bonds. The zero-order valence-corrected chi connectivity index (χ0v) is 29.5. The Balaban J connectivity index is 1.17. The molecular formula is C54H38. The van der Waals surface area contributed by atoms with Crippen molar-refractivity contribution in [3.8, 4) is 55.6 Å². The van der Waals surface area contributed by atoms with Gasteiger partial charge in [-0.3, -0.25) is 0 Å². The molecule has 0 nitrogen and oxygen atoms in total. The zero-order chi connectivity index (χ0) is 41.2. The van der Waals surface area contributed by atoms with Crippen molar-refractivity contribution < 1.29 is 8.22 Å². The molecule has 0 aliphatic carbocycles. The topological polar surface area (TPSA) is 0 Å². The van der Waals surface area contributed by atoms with Crippen molar-refractivity contribution in [2.24, 2.45) is 0 Å². The van der Waals surface area contributed by atoms with Gasteiger partial charge in [0.2, 0.25) is 0 Å². The van der Waals surface area contributed by atoms with Crippen LogP contribution in [0.5, 0.6) is 0 Å². The van der Waals surface area contributed by atoms with E-state index in [0.717, 1.165) is 76.8 Å². The van der Waals surface area contributed by atoms with Crippen LogP contribution in [0.1, 0.15) is 19.4 Å². The molecule has 0 heteroatoms. The van der Waals surface area contributed by atoms with E-state index in [1.165, 1.54) is 0 Å². The Hall–Kier alpha value is -6.76. The van der Waals surface area contributed by atoms with E-state index in [9.17, 15) is 0 Å². The molecule has 0 bridgehead atoms. The molecule has 0 saturated heterocycles. The largest absolute Gasteiger partial charge is 0.0616 e. The fourth-order valence-electron chi connectivity index (χ4n) is 8.38. The molecule has 0 N–H and O–H groups in total. The molecular weight excluding hydrogens is 649 g/mol. The van der Waals surface area contributed by atoms with E-state index in [-0.39, 0.29) is 11.1 Å². The lowest BCUT2D eigenvalue weighted by atomic mass is 9.83. The highest BCUT2D eigenvalue weighted by atomic mass is 14.2. The van der Waals surface area contributed by atoms with E-state index in [0.29, 0.717) is 21.9 Å². The van der Waals surface area contributed by atoms with Crippen molar-refractivity contribution in [1.82, 2.24) is 0 Å². The fourth-order valence-corrected chi connectivity index (χ4v) is 8.38. The molecule has 10 aromatic carbocycles. The molecule has 0 fully saturated rings. The molecule has 0 heterocycles. The molecule has 54 heavy (non-hydrogen) atoms. The smallest absolute Gasteiger partial charge is 0.0280 e. The van der Waals surface area contributed by atoms with E-state index in [4.69, 9.17) is 8.22 Å². The lowest BCUT2D eigenvalue weighted by Gasteiger charge is -2.21. The van der Waals surface area contributed by atoms with Crippen LogP contribution in [0.2, 0.25) is 0 Å². The summed E-state index contributed by atoms with van der Waals surface area (Å²) < 4.78 is 53.8. The zero-order valence-electron chi connectivity index (χ0n) is 35.5. The van der Waals surface area contributed by atoms with Crippen LogP contribution in [0.15, 0.2) is 194 Å². The predicted molar refractivity (Wildman–Crippen MR) is 233 cm³/mol. The predicted octanol–water partition coefficient (Wildman–Crippen LogP) is 15.3. The highest BCUT2D eigenvalue weighted by Crippen LogP contribution is 2.45. The second kappa shape index (κ2) is 13.0. The van der Waals surface area contributed by atoms with Gasteiger partial charge in [-0.2, -0.15) is 0 Å². The molecule has 0 atom stereocenters. The molecule has 0 aliphatic rings. The molecule has 0 spiro atoms. The van der Waals surface area contributed by atoms with Crippen molar-refractivity contribution in [3.63, 3.8) is 0 Å². The van der Waals surface area contributed by atoms with Gasteiger partial charge in [0.05, 0.1) is 0 Å². The van der Waals surface area contributed by atoms with Gasteiger partial charge < -0.3 is 0 Å². The van der Waals surface area contributed by atoms with E-state index < -0.39 is 13.7 Å². The lowest BCUT2D eigenvalue weighted by molar-refractivity contribution is 1.44. The summed E-state index contributed by atoms with van der Waals surface area (Å²) in [5, 5.41) is 7.69. The SMILES string of the molecule is [2H]C([2H])([2H])c1cc(-c2ccc(-c3cccc4ccccc34)cc2)c2ccccc2c1-c1c(C([2H])([2H])[2H])cc(-c2ccc(-c3cccc4ccccc34)cc2)c2ccccc12. The van der Waals surface area contributed by atoms with Gasteiger partial charge in [0.1, 0.15) is 0 Å². The average molecular weight is 693 g/mol. The Morgan fingerprint density at radius 3 is 0.981 bits per heavy atom. The monoisotopic (exact) mass is 692 g/mol. The van der Waals surface area contributed by atoms with Gasteiger partial charge in [0, 0.05) is 8.22 Å². The summed E-state index contributed by atoms with van der Waals surface area (Å²) in [7, 11) is 0.